The number of anilines is 2. The zero-order chi connectivity index (χ0) is 15.3. The van der Waals surface area contributed by atoms with Crippen LogP contribution in [0.2, 0.25) is 0 Å². The van der Waals surface area contributed by atoms with Crippen molar-refractivity contribution in [2.24, 2.45) is 0 Å². The number of amides is 1. The minimum Gasteiger partial charge on any atom is -0.373 e. The van der Waals surface area contributed by atoms with Gasteiger partial charge in [0.1, 0.15) is 11.6 Å². The average Bonchev–Trinajstić information content (AvgIpc) is 2.37. The molecule has 0 unspecified atom stereocenters. The fourth-order valence-electron chi connectivity index (χ4n) is 1.55. The van der Waals surface area contributed by atoms with Crippen LogP contribution in [0.25, 0.3) is 0 Å². The topological polar surface area (TPSA) is 57.3 Å². The maximum Gasteiger partial charge on any atom is 0.416 e. The van der Waals surface area contributed by atoms with Crippen LogP contribution in [0.4, 0.5) is 24.8 Å². The van der Waals surface area contributed by atoms with Crippen LogP contribution in [-0.2, 0) is 11.0 Å². The number of alkyl halides is 3. The van der Waals surface area contributed by atoms with Crippen molar-refractivity contribution in [2.45, 2.75) is 13.1 Å². The van der Waals surface area contributed by atoms with Gasteiger partial charge in [-0.2, -0.15) is 13.2 Å². The van der Waals surface area contributed by atoms with E-state index in [9.17, 15) is 18.0 Å². The first-order chi connectivity index (χ1) is 9.27. The highest BCUT2D eigenvalue weighted by Gasteiger charge is 2.32. The summed E-state index contributed by atoms with van der Waals surface area (Å²) in [6, 6.07) is 1.84. The van der Waals surface area contributed by atoms with Gasteiger partial charge in [0.15, 0.2) is 0 Å². The Labute approximate surface area is 115 Å². The summed E-state index contributed by atoms with van der Waals surface area (Å²) >= 11 is 0. The van der Waals surface area contributed by atoms with E-state index in [0.717, 1.165) is 12.1 Å². The summed E-state index contributed by atoms with van der Waals surface area (Å²) < 4.78 is 38.3. The summed E-state index contributed by atoms with van der Waals surface area (Å²) in [7, 11) is 2.99. The molecule has 0 saturated heterocycles. The van der Waals surface area contributed by atoms with E-state index >= 15 is 0 Å². The van der Waals surface area contributed by atoms with Crippen molar-refractivity contribution in [1.82, 2.24) is 10.3 Å². The fourth-order valence-corrected chi connectivity index (χ4v) is 1.55. The number of carbonyl (C=O) groups is 1. The van der Waals surface area contributed by atoms with Crippen LogP contribution in [0, 0.1) is 0 Å². The Morgan fingerprint density at radius 3 is 2.55 bits per heavy atom. The summed E-state index contributed by atoms with van der Waals surface area (Å²) in [5.41, 5.74) is -0.811. The molecular formula is C12H17F3N4O. The number of nitrogens with zero attached hydrogens (tertiary/aromatic N) is 2. The Hall–Kier alpha value is -1.99. The van der Waals surface area contributed by atoms with Crippen LogP contribution in [0.15, 0.2) is 12.1 Å². The molecule has 0 atom stereocenters. The highest BCUT2D eigenvalue weighted by atomic mass is 19.4. The van der Waals surface area contributed by atoms with Crippen molar-refractivity contribution >= 4 is 17.5 Å². The van der Waals surface area contributed by atoms with Crippen LogP contribution in [0.3, 0.4) is 0 Å². The lowest BCUT2D eigenvalue weighted by molar-refractivity contribution is -0.137. The van der Waals surface area contributed by atoms with Gasteiger partial charge < -0.3 is 15.5 Å². The van der Waals surface area contributed by atoms with E-state index in [-0.39, 0.29) is 24.1 Å². The predicted octanol–water partition coefficient (Wildman–Crippen LogP) is 1.71. The molecule has 1 amide bonds. The van der Waals surface area contributed by atoms with Crippen molar-refractivity contribution < 1.29 is 18.0 Å². The van der Waals surface area contributed by atoms with Crippen molar-refractivity contribution in [3.05, 3.63) is 17.7 Å². The third-order valence-corrected chi connectivity index (χ3v) is 2.54. The molecule has 1 heterocycles. The van der Waals surface area contributed by atoms with Crippen LogP contribution in [-0.4, -0.2) is 38.1 Å². The fraction of sp³-hybridized carbons (Fsp3) is 0.500. The van der Waals surface area contributed by atoms with Gasteiger partial charge in [0.25, 0.3) is 0 Å². The number of rotatable bonds is 5. The molecule has 0 spiro atoms. The van der Waals surface area contributed by atoms with E-state index in [1.807, 2.05) is 0 Å². The lowest BCUT2D eigenvalue weighted by atomic mass is 10.2. The summed E-state index contributed by atoms with van der Waals surface area (Å²) in [4.78, 5) is 16.8. The number of nitrogens with one attached hydrogen (secondary N) is 2. The zero-order valence-corrected chi connectivity index (χ0v) is 11.5. The molecular weight excluding hydrogens is 273 g/mol. The van der Waals surface area contributed by atoms with Gasteiger partial charge in [-0.1, -0.05) is 0 Å². The zero-order valence-electron chi connectivity index (χ0n) is 11.5. The second-order valence-corrected chi connectivity index (χ2v) is 4.16. The molecule has 0 aliphatic heterocycles. The normalized spacial score (nSPS) is 11.1. The molecule has 5 nitrogen and oxygen atoms in total. The molecule has 1 aromatic rings. The van der Waals surface area contributed by atoms with Crippen molar-refractivity contribution in [1.29, 1.82) is 0 Å². The van der Waals surface area contributed by atoms with Crippen molar-refractivity contribution in [3.63, 3.8) is 0 Å². The van der Waals surface area contributed by atoms with Gasteiger partial charge in [0, 0.05) is 20.6 Å². The second-order valence-electron chi connectivity index (χ2n) is 4.16. The Morgan fingerprint density at radius 1 is 1.40 bits per heavy atom. The molecule has 8 heteroatoms. The van der Waals surface area contributed by atoms with Gasteiger partial charge in [-0.05, 0) is 19.1 Å². The van der Waals surface area contributed by atoms with Gasteiger partial charge in [-0.25, -0.2) is 4.98 Å². The molecule has 1 aromatic heterocycles. The van der Waals surface area contributed by atoms with E-state index in [1.54, 1.807) is 6.92 Å². The minimum atomic E-state index is -4.46. The van der Waals surface area contributed by atoms with Gasteiger partial charge in [-0.3, -0.25) is 4.79 Å². The molecule has 0 aliphatic rings. The van der Waals surface area contributed by atoms with Crippen molar-refractivity contribution in [2.75, 3.05) is 37.4 Å². The van der Waals surface area contributed by atoms with E-state index in [0.29, 0.717) is 6.54 Å². The third kappa shape index (κ3) is 4.29. The van der Waals surface area contributed by atoms with Gasteiger partial charge in [0.05, 0.1) is 12.1 Å². The molecule has 0 aliphatic carbocycles. The molecule has 1 rings (SSSR count). The molecule has 20 heavy (non-hydrogen) atoms. The third-order valence-electron chi connectivity index (χ3n) is 2.54. The van der Waals surface area contributed by atoms with Gasteiger partial charge in [0.2, 0.25) is 5.91 Å². The minimum absolute atomic E-state index is 0.0642. The molecule has 0 radical (unpaired) electrons. The Balaban J connectivity index is 3.02. The first-order valence-electron chi connectivity index (χ1n) is 6.02. The molecule has 0 saturated carbocycles. The van der Waals surface area contributed by atoms with Crippen LogP contribution in [0.1, 0.15) is 12.5 Å². The number of aromatic nitrogens is 1. The second kappa shape index (κ2) is 6.44. The molecule has 0 fully saturated rings. The molecule has 2 N–H and O–H groups in total. The first kappa shape index (κ1) is 16.1. The summed E-state index contributed by atoms with van der Waals surface area (Å²) in [6.45, 7) is 2.16. The highest BCUT2D eigenvalue weighted by Crippen LogP contribution is 2.32. The van der Waals surface area contributed by atoms with Crippen LogP contribution in [0.5, 0.6) is 0 Å². The average molecular weight is 290 g/mol. The molecule has 0 bridgehead atoms. The maximum atomic E-state index is 12.8. The molecule has 0 aromatic carbocycles. The lowest BCUT2D eigenvalue weighted by Crippen LogP contribution is -2.35. The predicted molar refractivity (Wildman–Crippen MR) is 70.7 cm³/mol. The monoisotopic (exact) mass is 290 g/mol. The van der Waals surface area contributed by atoms with E-state index in [2.05, 4.69) is 15.6 Å². The van der Waals surface area contributed by atoms with Crippen molar-refractivity contribution in [3.8, 4) is 0 Å². The van der Waals surface area contributed by atoms with E-state index in [4.69, 9.17) is 0 Å². The Kier molecular flexibility index (Phi) is 5.18. The smallest absolute Gasteiger partial charge is 0.373 e. The van der Waals surface area contributed by atoms with E-state index < -0.39 is 11.7 Å². The SMILES string of the molecule is CCNC(=O)CN(C)c1cc(C(F)(F)F)cc(NC)n1. The maximum absolute atomic E-state index is 12.8. The number of pyridine rings is 1. The van der Waals surface area contributed by atoms with E-state index in [1.165, 1.54) is 19.0 Å². The lowest BCUT2D eigenvalue weighted by Gasteiger charge is -2.20. The van der Waals surface area contributed by atoms with Gasteiger partial charge >= 0.3 is 6.18 Å². The highest BCUT2D eigenvalue weighted by molar-refractivity contribution is 5.80. The number of halogens is 3. The number of carbonyl (C=O) groups excluding carboxylic acids is 1. The summed E-state index contributed by atoms with van der Waals surface area (Å²) in [5.74, 6) is -0.103. The van der Waals surface area contributed by atoms with Gasteiger partial charge in [-0.15, -0.1) is 0 Å². The largest absolute Gasteiger partial charge is 0.416 e. The summed E-state index contributed by atoms with van der Waals surface area (Å²) in [6.07, 6.45) is -4.46. The van der Waals surface area contributed by atoms with Crippen LogP contribution >= 0.6 is 0 Å². The molecule has 112 valence electrons. The number of hydrogen-bond acceptors (Lipinski definition) is 4. The van der Waals surface area contributed by atoms with Crippen LogP contribution < -0.4 is 15.5 Å². The first-order valence-corrected chi connectivity index (χ1v) is 6.02. The summed E-state index contributed by atoms with van der Waals surface area (Å²) in [5, 5.41) is 5.15. The number of hydrogen-bond donors (Lipinski definition) is 2. The quantitative estimate of drug-likeness (QED) is 0.867. The number of likely N-dealkylation sites (N-methyl/N-ethyl adjacent to an activating group) is 2. The standard InChI is InChI=1S/C12H17F3N4O/c1-4-17-11(20)7-19(3)10-6-8(12(13,14)15)5-9(16-2)18-10/h5-6H,4,7H2,1-3H3,(H,16,18)(H,17,20). The Morgan fingerprint density at radius 2 is 2.05 bits per heavy atom. The Bertz CT molecular complexity index is 476.